The fourth-order valence-electron chi connectivity index (χ4n) is 3.51. The van der Waals surface area contributed by atoms with Crippen LogP contribution in [0.2, 0.25) is 0 Å². The molecule has 2 aliphatic heterocycles. The smallest absolute Gasteiger partial charge is 0.242 e. The van der Waals surface area contributed by atoms with Gasteiger partial charge < -0.3 is 14.5 Å². The van der Waals surface area contributed by atoms with Gasteiger partial charge in [-0.1, -0.05) is 30.3 Å². The Morgan fingerprint density at radius 3 is 2.70 bits per heavy atom. The fourth-order valence-corrected chi connectivity index (χ4v) is 3.51. The largest absolute Gasteiger partial charge is 0.381 e. The maximum absolute atomic E-state index is 13.0. The Hall–Kier alpha value is -1.88. The number of carbonyl (C=O) groups excluding carboxylic acids is 2. The van der Waals surface area contributed by atoms with Gasteiger partial charge in [-0.2, -0.15) is 0 Å². The highest BCUT2D eigenvalue weighted by atomic mass is 16.5. The summed E-state index contributed by atoms with van der Waals surface area (Å²) >= 11 is 0. The van der Waals surface area contributed by atoms with Crippen molar-refractivity contribution in [2.24, 2.45) is 5.92 Å². The molecule has 1 unspecified atom stereocenters. The van der Waals surface area contributed by atoms with Gasteiger partial charge in [0.25, 0.3) is 0 Å². The van der Waals surface area contributed by atoms with Crippen molar-refractivity contribution in [3.8, 4) is 0 Å². The van der Waals surface area contributed by atoms with Crippen LogP contribution in [0.25, 0.3) is 0 Å². The number of hydrogen-bond acceptors (Lipinski definition) is 3. The maximum atomic E-state index is 13.0. The van der Waals surface area contributed by atoms with Crippen molar-refractivity contribution in [2.75, 3.05) is 33.4 Å². The van der Waals surface area contributed by atoms with Gasteiger partial charge in [-0.05, 0) is 24.8 Å². The van der Waals surface area contributed by atoms with Crippen LogP contribution < -0.4 is 0 Å². The lowest BCUT2D eigenvalue weighted by Gasteiger charge is -2.40. The highest BCUT2D eigenvalue weighted by Gasteiger charge is 2.38. The van der Waals surface area contributed by atoms with Gasteiger partial charge in [-0.3, -0.25) is 9.59 Å². The van der Waals surface area contributed by atoms with E-state index in [0.29, 0.717) is 19.8 Å². The molecule has 0 N–H and O–H groups in total. The number of ether oxygens (including phenoxy) is 1. The van der Waals surface area contributed by atoms with E-state index in [1.165, 1.54) is 5.56 Å². The lowest BCUT2D eigenvalue weighted by atomic mass is 9.81. The van der Waals surface area contributed by atoms with Crippen LogP contribution in [0, 0.1) is 5.92 Å². The van der Waals surface area contributed by atoms with E-state index >= 15 is 0 Å². The zero-order chi connectivity index (χ0) is 16.4. The molecule has 124 valence electrons. The second-order valence-electron chi connectivity index (χ2n) is 6.56. The lowest BCUT2D eigenvalue weighted by molar-refractivity contribution is -0.152. The molecule has 2 fully saturated rings. The normalized spacial score (nSPS) is 28.8. The second-order valence-corrected chi connectivity index (χ2v) is 6.56. The van der Waals surface area contributed by atoms with E-state index in [9.17, 15) is 9.59 Å². The molecule has 3 atom stereocenters. The van der Waals surface area contributed by atoms with E-state index in [0.717, 1.165) is 6.42 Å². The Kier molecular flexibility index (Phi) is 4.66. The van der Waals surface area contributed by atoms with Crippen LogP contribution in [0.1, 0.15) is 24.8 Å². The number of rotatable bonds is 2. The molecule has 2 heterocycles. The van der Waals surface area contributed by atoms with Crippen molar-refractivity contribution in [2.45, 2.75) is 25.3 Å². The summed E-state index contributed by atoms with van der Waals surface area (Å²) in [6, 6.07) is 10.2. The summed E-state index contributed by atoms with van der Waals surface area (Å²) in [6.07, 6.45) is 0.845. The number of hydrogen-bond donors (Lipinski definition) is 0. The van der Waals surface area contributed by atoms with Crippen LogP contribution in [-0.2, 0) is 14.3 Å². The van der Waals surface area contributed by atoms with Crippen LogP contribution in [0.5, 0.6) is 0 Å². The molecule has 0 spiro atoms. The van der Waals surface area contributed by atoms with Crippen molar-refractivity contribution in [1.82, 2.24) is 9.80 Å². The summed E-state index contributed by atoms with van der Waals surface area (Å²) in [7, 11) is 1.80. The molecule has 2 aliphatic rings. The molecule has 2 amide bonds. The number of nitrogens with zero attached hydrogens (tertiary/aromatic N) is 2. The third-order valence-corrected chi connectivity index (χ3v) is 5.08. The van der Waals surface area contributed by atoms with Gasteiger partial charge in [0.2, 0.25) is 11.8 Å². The summed E-state index contributed by atoms with van der Waals surface area (Å²) < 4.78 is 5.58. The van der Waals surface area contributed by atoms with E-state index < -0.39 is 0 Å². The lowest BCUT2D eigenvalue weighted by Crippen LogP contribution is -2.57. The van der Waals surface area contributed by atoms with Gasteiger partial charge in [0.05, 0.1) is 19.1 Å². The zero-order valence-electron chi connectivity index (χ0n) is 13.8. The van der Waals surface area contributed by atoms with E-state index in [4.69, 9.17) is 4.74 Å². The van der Waals surface area contributed by atoms with E-state index in [-0.39, 0.29) is 36.2 Å². The van der Waals surface area contributed by atoms with Crippen LogP contribution in [0.4, 0.5) is 0 Å². The number of benzene rings is 1. The van der Waals surface area contributed by atoms with Gasteiger partial charge in [0.1, 0.15) is 0 Å². The molecule has 5 heteroatoms. The van der Waals surface area contributed by atoms with E-state index in [1.807, 2.05) is 25.1 Å². The van der Waals surface area contributed by atoms with Crippen LogP contribution in [-0.4, -0.2) is 61.0 Å². The van der Waals surface area contributed by atoms with Crippen molar-refractivity contribution in [3.05, 3.63) is 35.9 Å². The minimum Gasteiger partial charge on any atom is -0.381 e. The van der Waals surface area contributed by atoms with Crippen molar-refractivity contribution >= 4 is 11.8 Å². The molecule has 0 radical (unpaired) electrons. The number of amides is 2. The van der Waals surface area contributed by atoms with Crippen LogP contribution in [0.15, 0.2) is 30.3 Å². The third kappa shape index (κ3) is 3.24. The molecule has 0 aliphatic carbocycles. The molecule has 1 aromatic rings. The van der Waals surface area contributed by atoms with Gasteiger partial charge in [0, 0.05) is 26.2 Å². The standard InChI is InChI=1S/C18H24N2O3/c1-13-10-20(11-17(21)19(13)2)18(22)16-12-23-9-8-15(16)14-6-4-3-5-7-14/h3-7,13,15-16H,8-12H2,1-2H3/t13?,15-,16-/m1/s1. The summed E-state index contributed by atoms with van der Waals surface area (Å²) in [5.74, 6) is 0.0222. The Labute approximate surface area is 137 Å². The highest BCUT2D eigenvalue weighted by molar-refractivity contribution is 5.87. The predicted octanol–water partition coefficient (Wildman–Crippen LogP) is 1.50. The SMILES string of the molecule is CC1CN(C(=O)[C@@H]2COCC[C@@H]2c2ccccc2)CC(=O)N1C. The monoisotopic (exact) mass is 316 g/mol. The van der Waals surface area contributed by atoms with E-state index in [2.05, 4.69) is 12.1 Å². The molecule has 0 saturated carbocycles. The molecular formula is C18H24N2O3. The topological polar surface area (TPSA) is 49.9 Å². The average Bonchev–Trinajstić information content (AvgIpc) is 2.59. The van der Waals surface area contributed by atoms with Crippen LogP contribution >= 0.6 is 0 Å². The number of carbonyl (C=O) groups is 2. The molecule has 5 nitrogen and oxygen atoms in total. The molecule has 0 bridgehead atoms. The molecule has 2 saturated heterocycles. The zero-order valence-corrected chi connectivity index (χ0v) is 13.8. The molecule has 23 heavy (non-hydrogen) atoms. The van der Waals surface area contributed by atoms with Crippen molar-refractivity contribution < 1.29 is 14.3 Å². The van der Waals surface area contributed by atoms with Crippen molar-refractivity contribution in [3.63, 3.8) is 0 Å². The first kappa shape index (κ1) is 16.0. The van der Waals surface area contributed by atoms with E-state index in [1.54, 1.807) is 16.8 Å². The number of piperazine rings is 1. The Bertz CT molecular complexity index is 575. The molecule has 3 rings (SSSR count). The fraction of sp³-hybridized carbons (Fsp3) is 0.556. The highest BCUT2D eigenvalue weighted by Crippen LogP contribution is 2.33. The Morgan fingerprint density at radius 1 is 1.26 bits per heavy atom. The molecule has 0 aromatic heterocycles. The first-order chi connectivity index (χ1) is 11.1. The number of likely N-dealkylation sites (N-methyl/N-ethyl adjacent to an activating group) is 1. The summed E-state index contributed by atoms with van der Waals surface area (Å²) in [6.45, 7) is 3.87. The third-order valence-electron chi connectivity index (χ3n) is 5.08. The first-order valence-electron chi connectivity index (χ1n) is 8.25. The Balaban J connectivity index is 1.78. The van der Waals surface area contributed by atoms with Gasteiger partial charge in [-0.15, -0.1) is 0 Å². The summed E-state index contributed by atoms with van der Waals surface area (Å²) in [5, 5.41) is 0. The first-order valence-corrected chi connectivity index (χ1v) is 8.25. The minimum atomic E-state index is -0.199. The maximum Gasteiger partial charge on any atom is 0.242 e. The summed E-state index contributed by atoms with van der Waals surface area (Å²) in [4.78, 5) is 28.5. The molecule has 1 aromatic carbocycles. The molecular weight excluding hydrogens is 292 g/mol. The summed E-state index contributed by atoms with van der Waals surface area (Å²) in [5.41, 5.74) is 1.18. The van der Waals surface area contributed by atoms with Gasteiger partial charge >= 0.3 is 0 Å². The van der Waals surface area contributed by atoms with Gasteiger partial charge in [-0.25, -0.2) is 0 Å². The van der Waals surface area contributed by atoms with Gasteiger partial charge in [0.15, 0.2) is 0 Å². The second kappa shape index (κ2) is 6.71. The van der Waals surface area contributed by atoms with Crippen LogP contribution in [0.3, 0.4) is 0 Å². The van der Waals surface area contributed by atoms with Crippen molar-refractivity contribution in [1.29, 1.82) is 0 Å². The minimum absolute atomic E-state index is 0.00471. The Morgan fingerprint density at radius 2 is 2.00 bits per heavy atom. The predicted molar refractivity (Wildman–Crippen MR) is 86.9 cm³/mol. The quantitative estimate of drug-likeness (QED) is 0.831. The average molecular weight is 316 g/mol.